The Labute approximate surface area is 220 Å². The van der Waals surface area contributed by atoms with Crippen LogP contribution in [0, 0.1) is 0 Å². The van der Waals surface area contributed by atoms with Crippen molar-refractivity contribution in [3.05, 3.63) is 64.7 Å². The maximum absolute atomic E-state index is 13.5. The summed E-state index contributed by atoms with van der Waals surface area (Å²) in [5, 5.41) is 2.16. The van der Waals surface area contributed by atoms with Crippen molar-refractivity contribution in [3.63, 3.8) is 0 Å². The number of nitrogens with zero attached hydrogens (tertiary/aromatic N) is 2. The molecule has 7 nitrogen and oxygen atoms in total. The second-order valence-electron chi connectivity index (χ2n) is 8.47. The average molecular weight is 562 g/mol. The number of carbonyl (C=O) groups excluding carboxylic acids is 2. The molecule has 12 heteroatoms. The van der Waals surface area contributed by atoms with Crippen LogP contribution in [0.3, 0.4) is 0 Å². The number of nitrogens with one attached hydrogen (secondary N) is 1. The summed E-state index contributed by atoms with van der Waals surface area (Å²) in [6, 6.07) is 11.0. The number of sulfonamides is 1. The fourth-order valence-corrected chi connectivity index (χ4v) is 4.83. The number of benzene rings is 2. The highest BCUT2D eigenvalue weighted by Crippen LogP contribution is 2.37. The number of rotatable bonds is 12. The molecule has 0 aromatic heterocycles. The van der Waals surface area contributed by atoms with E-state index in [-0.39, 0.29) is 24.6 Å². The summed E-state index contributed by atoms with van der Waals surface area (Å²) in [4.78, 5) is 27.7. The lowest BCUT2D eigenvalue weighted by atomic mass is 10.1. The van der Waals surface area contributed by atoms with E-state index in [0.717, 1.165) is 24.0 Å². The zero-order chi connectivity index (χ0) is 27.8. The minimum atomic E-state index is -4.83. The van der Waals surface area contributed by atoms with Gasteiger partial charge in [-0.05, 0) is 43.0 Å². The predicted octanol–water partition coefficient (Wildman–Crippen LogP) is 4.50. The Hall–Kier alpha value is -2.79. The molecule has 0 fully saturated rings. The molecule has 0 aliphatic heterocycles. The van der Waals surface area contributed by atoms with Crippen molar-refractivity contribution < 1.29 is 31.2 Å². The molecular weight excluding hydrogens is 531 g/mol. The third kappa shape index (κ3) is 8.63. The van der Waals surface area contributed by atoms with E-state index in [1.165, 1.54) is 4.90 Å². The fourth-order valence-electron chi connectivity index (χ4n) is 3.76. The Morgan fingerprint density at radius 3 is 2.27 bits per heavy atom. The molecule has 204 valence electrons. The zero-order valence-corrected chi connectivity index (χ0v) is 22.5. The van der Waals surface area contributed by atoms with Gasteiger partial charge in [-0.3, -0.25) is 13.9 Å². The van der Waals surface area contributed by atoms with Gasteiger partial charge in [-0.1, -0.05) is 55.8 Å². The Balaban J connectivity index is 2.44. The second-order valence-corrected chi connectivity index (χ2v) is 10.8. The van der Waals surface area contributed by atoms with Crippen molar-refractivity contribution in [1.29, 1.82) is 0 Å². The lowest BCUT2D eigenvalue weighted by Gasteiger charge is -2.33. The van der Waals surface area contributed by atoms with Gasteiger partial charge >= 0.3 is 6.18 Å². The first-order chi connectivity index (χ1) is 17.3. The molecule has 0 aliphatic rings. The van der Waals surface area contributed by atoms with Gasteiger partial charge in [0, 0.05) is 13.1 Å². The van der Waals surface area contributed by atoms with Crippen molar-refractivity contribution in [2.75, 3.05) is 30.2 Å². The molecule has 0 aliphatic carbocycles. The topological polar surface area (TPSA) is 86.8 Å². The number of hydrogen-bond donors (Lipinski definition) is 1. The first-order valence-electron chi connectivity index (χ1n) is 11.7. The minimum Gasteiger partial charge on any atom is -0.354 e. The van der Waals surface area contributed by atoms with E-state index in [9.17, 15) is 31.2 Å². The summed E-state index contributed by atoms with van der Waals surface area (Å²) in [6.07, 6.45) is -2.70. The lowest BCUT2D eigenvalue weighted by Crippen LogP contribution is -2.53. The molecule has 2 amide bonds. The summed E-state index contributed by atoms with van der Waals surface area (Å²) < 4.78 is 66.0. The van der Waals surface area contributed by atoms with Crippen molar-refractivity contribution >= 4 is 39.1 Å². The summed E-state index contributed by atoms with van der Waals surface area (Å²) in [5.41, 5.74) is -0.685. The second kappa shape index (κ2) is 13.1. The maximum Gasteiger partial charge on any atom is 0.417 e. The number of hydrogen-bond acceptors (Lipinski definition) is 4. The Morgan fingerprint density at radius 1 is 1.08 bits per heavy atom. The molecule has 0 radical (unpaired) electrons. The van der Waals surface area contributed by atoms with Crippen LogP contribution in [0.15, 0.2) is 48.5 Å². The molecule has 2 aromatic carbocycles. The SMILES string of the molecule is CCCNC(=O)C(CC)N(CCc1ccccc1)C(=O)CN(c1ccc(Cl)c(C(F)(F)F)c1)S(C)(=O)=O. The fraction of sp³-hybridized carbons (Fsp3) is 0.440. The molecule has 0 bridgehead atoms. The largest absolute Gasteiger partial charge is 0.417 e. The van der Waals surface area contributed by atoms with Gasteiger partial charge in [0.15, 0.2) is 0 Å². The number of halogens is 4. The number of amides is 2. The first-order valence-corrected chi connectivity index (χ1v) is 14.0. The number of alkyl halides is 3. The first kappa shape index (κ1) is 30.4. The standard InChI is InChI=1S/C25H31ClF3N3O4S/c1-4-14-30-24(34)22(5-2)31(15-13-18-9-7-6-8-10-18)23(33)17-32(37(3,35)36)19-11-12-21(26)20(16-19)25(27,28)29/h6-12,16,22H,4-5,13-15,17H2,1-3H3,(H,30,34). The molecule has 0 saturated heterocycles. The van der Waals surface area contributed by atoms with Gasteiger partial charge in [-0.15, -0.1) is 0 Å². The Bertz CT molecular complexity index is 1180. The van der Waals surface area contributed by atoms with E-state index >= 15 is 0 Å². The van der Waals surface area contributed by atoms with Gasteiger partial charge in [-0.25, -0.2) is 8.42 Å². The van der Waals surface area contributed by atoms with Crippen LogP contribution >= 0.6 is 11.6 Å². The van der Waals surface area contributed by atoms with Crippen LogP contribution < -0.4 is 9.62 Å². The zero-order valence-electron chi connectivity index (χ0n) is 20.9. The Morgan fingerprint density at radius 2 is 1.73 bits per heavy atom. The summed E-state index contributed by atoms with van der Waals surface area (Å²) >= 11 is 5.68. The predicted molar refractivity (Wildman–Crippen MR) is 138 cm³/mol. The average Bonchev–Trinajstić information content (AvgIpc) is 2.83. The smallest absolute Gasteiger partial charge is 0.354 e. The van der Waals surface area contributed by atoms with Crippen LogP contribution in [0.1, 0.15) is 37.8 Å². The third-order valence-corrected chi connectivity index (χ3v) is 7.11. The van der Waals surface area contributed by atoms with Crippen molar-refractivity contribution in [1.82, 2.24) is 10.2 Å². The minimum absolute atomic E-state index is 0.104. The van der Waals surface area contributed by atoms with Crippen LogP contribution in [0.4, 0.5) is 18.9 Å². The van der Waals surface area contributed by atoms with Crippen molar-refractivity contribution in [3.8, 4) is 0 Å². The van der Waals surface area contributed by atoms with E-state index in [0.29, 0.717) is 29.8 Å². The Kier molecular flexibility index (Phi) is 10.8. The van der Waals surface area contributed by atoms with Crippen LogP contribution in [0.2, 0.25) is 5.02 Å². The van der Waals surface area contributed by atoms with Gasteiger partial charge in [0.25, 0.3) is 0 Å². The highest BCUT2D eigenvalue weighted by molar-refractivity contribution is 7.92. The van der Waals surface area contributed by atoms with E-state index in [1.54, 1.807) is 6.92 Å². The molecule has 2 rings (SSSR count). The summed E-state index contributed by atoms with van der Waals surface area (Å²) in [7, 11) is -4.18. The number of anilines is 1. The molecule has 0 saturated carbocycles. The van der Waals surface area contributed by atoms with E-state index in [1.807, 2.05) is 37.3 Å². The van der Waals surface area contributed by atoms with Gasteiger partial charge < -0.3 is 10.2 Å². The molecular formula is C25H31ClF3N3O4S. The van der Waals surface area contributed by atoms with Gasteiger partial charge in [0.1, 0.15) is 12.6 Å². The molecule has 2 aromatic rings. The van der Waals surface area contributed by atoms with Crippen LogP contribution in [-0.2, 0) is 32.2 Å². The number of carbonyl (C=O) groups is 2. The maximum atomic E-state index is 13.5. The van der Waals surface area contributed by atoms with Crippen molar-refractivity contribution in [2.45, 2.75) is 45.3 Å². The highest BCUT2D eigenvalue weighted by Gasteiger charge is 2.36. The summed E-state index contributed by atoms with van der Waals surface area (Å²) in [5.74, 6) is -1.11. The highest BCUT2D eigenvalue weighted by atomic mass is 35.5. The molecule has 0 heterocycles. The van der Waals surface area contributed by atoms with Crippen LogP contribution in [0.25, 0.3) is 0 Å². The van der Waals surface area contributed by atoms with Gasteiger partial charge in [-0.2, -0.15) is 13.2 Å². The van der Waals surface area contributed by atoms with Crippen LogP contribution in [-0.4, -0.2) is 57.1 Å². The molecule has 1 atom stereocenters. The summed E-state index contributed by atoms with van der Waals surface area (Å²) in [6.45, 7) is 3.32. The van der Waals surface area contributed by atoms with E-state index < -0.39 is 45.3 Å². The molecule has 1 unspecified atom stereocenters. The lowest BCUT2D eigenvalue weighted by molar-refractivity contribution is -0.139. The monoisotopic (exact) mass is 561 g/mol. The normalized spacial score (nSPS) is 12.6. The quantitative estimate of drug-likeness (QED) is 0.413. The third-order valence-electron chi connectivity index (χ3n) is 5.64. The van der Waals surface area contributed by atoms with Gasteiger partial charge in [0.2, 0.25) is 21.8 Å². The molecule has 37 heavy (non-hydrogen) atoms. The van der Waals surface area contributed by atoms with Crippen LogP contribution in [0.5, 0.6) is 0 Å². The van der Waals surface area contributed by atoms with E-state index in [4.69, 9.17) is 11.6 Å². The molecule has 0 spiro atoms. The molecule has 1 N–H and O–H groups in total. The van der Waals surface area contributed by atoms with Crippen molar-refractivity contribution in [2.24, 2.45) is 0 Å². The van der Waals surface area contributed by atoms with E-state index in [2.05, 4.69) is 5.32 Å². The van der Waals surface area contributed by atoms with Gasteiger partial charge in [0.05, 0.1) is 22.5 Å².